The summed E-state index contributed by atoms with van der Waals surface area (Å²) in [5.74, 6) is -0.314. The fraction of sp³-hybridized carbons (Fsp3) is 0.0500. The second-order valence-electron chi connectivity index (χ2n) is 5.83. The van der Waals surface area contributed by atoms with Crippen LogP contribution in [0.2, 0.25) is 0 Å². The van der Waals surface area contributed by atoms with E-state index < -0.39 is 11.7 Å². The molecule has 0 unspecified atom stereocenters. The van der Waals surface area contributed by atoms with E-state index in [4.69, 9.17) is 4.42 Å². The summed E-state index contributed by atoms with van der Waals surface area (Å²) in [5, 5.41) is 2.64. The van der Waals surface area contributed by atoms with Gasteiger partial charge >= 0.3 is 0 Å². The molecule has 0 atom stereocenters. The maximum absolute atomic E-state index is 14.2. The van der Waals surface area contributed by atoms with Crippen LogP contribution < -0.4 is 5.32 Å². The van der Waals surface area contributed by atoms with Gasteiger partial charge in [-0.2, -0.15) is 0 Å². The highest BCUT2D eigenvalue weighted by Crippen LogP contribution is 2.27. The van der Waals surface area contributed by atoms with E-state index in [-0.39, 0.29) is 28.7 Å². The minimum Gasteiger partial charge on any atom is -0.435 e. The van der Waals surface area contributed by atoms with Crippen molar-refractivity contribution in [3.8, 4) is 22.8 Å². The number of oxazole rings is 1. The highest BCUT2D eigenvalue weighted by molar-refractivity contribution is 6.05. The Morgan fingerprint density at radius 3 is 2.61 bits per heavy atom. The number of nitrogens with one attached hydrogen (secondary N) is 1. The van der Waals surface area contributed by atoms with Gasteiger partial charge in [0.25, 0.3) is 5.91 Å². The third kappa shape index (κ3) is 3.48. The number of carbonyl (C=O) groups excluding carboxylic acids is 1. The number of carbonyl (C=O) groups is 1. The van der Waals surface area contributed by atoms with Gasteiger partial charge in [-0.25, -0.2) is 19.3 Å². The Balaban J connectivity index is 1.65. The normalized spacial score (nSPS) is 10.6. The van der Waals surface area contributed by atoms with Crippen LogP contribution in [0.4, 0.5) is 10.2 Å². The molecule has 8 heteroatoms. The molecule has 3 aromatic heterocycles. The minimum absolute atomic E-state index is 0.0967. The minimum atomic E-state index is -0.593. The van der Waals surface area contributed by atoms with E-state index in [1.807, 2.05) is 6.07 Å². The van der Waals surface area contributed by atoms with Crippen LogP contribution >= 0.6 is 0 Å². The first-order chi connectivity index (χ1) is 13.6. The maximum atomic E-state index is 14.2. The Morgan fingerprint density at radius 1 is 1.00 bits per heavy atom. The molecule has 0 aliphatic carbocycles. The summed E-state index contributed by atoms with van der Waals surface area (Å²) in [6.07, 6.45) is 3.14. The molecule has 3 heterocycles. The summed E-state index contributed by atoms with van der Waals surface area (Å²) in [5.41, 5.74) is 0.884. The fourth-order valence-corrected chi connectivity index (χ4v) is 2.64. The number of hydrogen-bond donors (Lipinski definition) is 1. The molecule has 4 aromatic rings. The molecular weight excluding hydrogens is 361 g/mol. The number of aromatic nitrogens is 4. The third-order valence-electron chi connectivity index (χ3n) is 3.86. The van der Waals surface area contributed by atoms with Crippen LogP contribution in [0.3, 0.4) is 0 Å². The molecule has 0 radical (unpaired) electrons. The van der Waals surface area contributed by atoms with Crippen LogP contribution in [0, 0.1) is 12.7 Å². The van der Waals surface area contributed by atoms with Gasteiger partial charge in [0, 0.05) is 24.9 Å². The topological polar surface area (TPSA) is 93.8 Å². The van der Waals surface area contributed by atoms with Gasteiger partial charge in [0.2, 0.25) is 5.76 Å². The van der Waals surface area contributed by atoms with Crippen molar-refractivity contribution in [2.75, 3.05) is 5.32 Å². The number of nitrogens with zero attached hydrogens (tertiary/aromatic N) is 4. The lowest BCUT2D eigenvalue weighted by molar-refractivity contribution is 0.0996. The van der Waals surface area contributed by atoms with Gasteiger partial charge < -0.3 is 9.73 Å². The van der Waals surface area contributed by atoms with E-state index in [0.29, 0.717) is 11.5 Å². The molecule has 0 fully saturated rings. The molecule has 0 aliphatic rings. The first kappa shape index (κ1) is 17.5. The zero-order valence-corrected chi connectivity index (χ0v) is 14.8. The largest absolute Gasteiger partial charge is 0.435 e. The molecule has 0 saturated heterocycles. The van der Waals surface area contributed by atoms with Crippen molar-refractivity contribution in [2.24, 2.45) is 0 Å². The van der Waals surface area contributed by atoms with E-state index in [2.05, 4.69) is 25.3 Å². The summed E-state index contributed by atoms with van der Waals surface area (Å²) in [6, 6.07) is 12.9. The number of aryl methyl sites for hydroxylation is 1. The lowest BCUT2D eigenvalue weighted by Crippen LogP contribution is -2.14. The Bertz CT molecular complexity index is 1140. The molecule has 0 saturated carbocycles. The number of benzene rings is 1. The fourth-order valence-electron chi connectivity index (χ4n) is 2.64. The number of anilines is 1. The highest BCUT2D eigenvalue weighted by atomic mass is 19.1. The van der Waals surface area contributed by atoms with E-state index in [1.54, 1.807) is 37.4 Å². The lowest BCUT2D eigenvalue weighted by atomic mass is 10.1. The van der Waals surface area contributed by atoms with Crippen LogP contribution in [0.5, 0.6) is 0 Å². The molecule has 7 nitrogen and oxygen atoms in total. The van der Waals surface area contributed by atoms with Crippen LogP contribution in [0.1, 0.15) is 16.4 Å². The van der Waals surface area contributed by atoms with Crippen LogP contribution in [-0.2, 0) is 0 Å². The molecule has 4 rings (SSSR count). The summed E-state index contributed by atoms with van der Waals surface area (Å²) >= 11 is 0. The third-order valence-corrected chi connectivity index (χ3v) is 3.86. The Labute approximate surface area is 159 Å². The van der Waals surface area contributed by atoms with Gasteiger partial charge in [0.15, 0.2) is 11.7 Å². The van der Waals surface area contributed by atoms with Crippen molar-refractivity contribution in [1.29, 1.82) is 0 Å². The van der Waals surface area contributed by atoms with Crippen molar-refractivity contribution in [2.45, 2.75) is 6.92 Å². The second-order valence-corrected chi connectivity index (χ2v) is 5.83. The molecular formula is C20H14FN5O2. The molecule has 28 heavy (non-hydrogen) atoms. The van der Waals surface area contributed by atoms with Crippen molar-refractivity contribution in [3.63, 3.8) is 0 Å². The molecule has 138 valence electrons. The van der Waals surface area contributed by atoms with Gasteiger partial charge in [-0.3, -0.25) is 9.78 Å². The predicted octanol–water partition coefficient (Wildman–Crippen LogP) is 3.89. The highest BCUT2D eigenvalue weighted by Gasteiger charge is 2.23. The standard InChI is InChI=1S/C20H14FN5O2/c1-12-24-17(13-6-2-3-7-14(13)21)18(28-12)20(27)26-16-9-11-23-19(25-16)15-8-4-5-10-22-15/h2-11H,1H3,(H,23,25,26,27). The Hall–Kier alpha value is -3.94. The quantitative estimate of drug-likeness (QED) is 0.581. The molecule has 0 spiro atoms. The lowest BCUT2D eigenvalue weighted by Gasteiger charge is -2.06. The van der Waals surface area contributed by atoms with E-state index >= 15 is 0 Å². The van der Waals surface area contributed by atoms with Crippen molar-refractivity contribution >= 4 is 11.7 Å². The summed E-state index contributed by atoms with van der Waals surface area (Å²) in [7, 11) is 0. The number of rotatable bonds is 4. The molecule has 1 aromatic carbocycles. The Kier molecular flexibility index (Phi) is 4.59. The number of halogens is 1. The zero-order valence-electron chi connectivity index (χ0n) is 14.8. The first-order valence-electron chi connectivity index (χ1n) is 8.40. The SMILES string of the molecule is Cc1nc(-c2ccccc2F)c(C(=O)Nc2ccnc(-c3ccccn3)n2)o1. The van der Waals surface area contributed by atoms with Crippen LogP contribution in [-0.4, -0.2) is 25.8 Å². The second kappa shape index (κ2) is 7.36. The monoisotopic (exact) mass is 375 g/mol. The van der Waals surface area contributed by atoms with Gasteiger partial charge in [0.1, 0.15) is 23.0 Å². The van der Waals surface area contributed by atoms with Gasteiger partial charge in [0.05, 0.1) is 0 Å². The molecule has 0 bridgehead atoms. The van der Waals surface area contributed by atoms with Gasteiger partial charge in [-0.1, -0.05) is 18.2 Å². The molecule has 1 N–H and O–H groups in total. The smallest absolute Gasteiger partial charge is 0.294 e. The van der Waals surface area contributed by atoms with E-state index in [0.717, 1.165) is 0 Å². The summed E-state index contributed by atoms with van der Waals surface area (Å²) in [4.78, 5) is 29.5. The van der Waals surface area contributed by atoms with Gasteiger partial charge in [-0.05, 0) is 30.3 Å². The average molecular weight is 375 g/mol. The number of amides is 1. The predicted molar refractivity (Wildman–Crippen MR) is 99.9 cm³/mol. The van der Waals surface area contributed by atoms with E-state index in [9.17, 15) is 9.18 Å². The first-order valence-corrected chi connectivity index (χ1v) is 8.40. The summed E-state index contributed by atoms with van der Waals surface area (Å²) in [6.45, 7) is 1.59. The van der Waals surface area contributed by atoms with Crippen molar-refractivity contribution < 1.29 is 13.6 Å². The maximum Gasteiger partial charge on any atom is 0.294 e. The number of hydrogen-bond acceptors (Lipinski definition) is 6. The van der Waals surface area contributed by atoms with Crippen LogP contribution in [0.25, 0.3) is 22.8 Å². The summed E-state index contributed by atoms with van der Waals surface area (Å²) < 4.78 is 19.6. The number of pyridine rings is 1. The van der Waals surface area contributed by atoms with E-state index in [1.165, 1.54) is 24.4 Å². The molecule has 1 amide bonds. The van der Waals surface area contributed by atoms with Gasteiger partial charge in [-0.15, -0.1) is 0 Å². The molecule has 0 aliphatic heterocycles. The zero-order chi connectivity index (χ0) is 19.5. The van der Waals surface area contributed by atoms with Crippen molar-refractivity contribution in [1.82, 2.24) is 19.9 Å². The Morgan fingerprint density at radius 2 is 1.82 bits per heavy atom. The van der Waals surface area contributed by atoms with Crippen LogP contribution in [0.15, 0.2) is 65.3 Å². The van der Waals surface area contributed by atoms with Crippen molar-refractivity contribution in [3.05, 3.63) is 78.4 Å². The average Bonchev–Trinajstić information content (AvgIpc) is 3.11.